The lowest BCUT2D eigenvalue weighted by Crippen LogP contribution is -2.18. The number of benzene rings is 2. The van der Waals surface area contributed by atoms with Gasteiger partial charge in [-0.2, -0.15) is 8.78 Å². The van der Waals surface area contributed by atoms with E-state index in [0.29, 0.717) is 10.7 Å². The summed E-state index contributed by atoms with van der Waals surface area (Å²) < 4.78 is 55.6. The normalized spacial score (nSPS) is 12.1. The van der Waals surface area contributed by atoms with Gasteiger partial charge in [-0.25, -0.2) is 18.4 Å². The first kappa shape index (κ1) is 18.4. The average molecular weight is 412 g/mol. The highest BCUT2D eigenvalue weighted by atomic mass is 35.5. The van der Waals surface area contributed by atoms with Crippen LogP contribution in [-0.4, -0.2) is 28.4 Å². The van der Waals surface area contributed by atoms with E-state index >= 15 is 0 Å². The third-order valence-corrected chi connectivity index (χ3v) is 4.65. The zero-order valence-corrected chi connectivity index (χ0v) is 15.2. The number of halogens is 5. The maximum atomic E-state index is 14.2. The van der Waals surface area contributed by atoms with E-state index in [1.54, 1.807) is 25.4 Å². The summed E-state index contributed by atoms with van der Waals surface area (Å²) >= 11 is 6.05. The molecule has 0 aliphatic carbocycles. The summed E-state index contributed by atoms with van der Waals surface area (Å²) in [4.78, 5) is 7.33. The molecule has 28 heavy (non-hydrogen) atoms. The highest BCUT2D eigenvalue weighted by Gasteiger charge is 2.35. The van der Waals surface area contributed by atoms with Gasteiger partial charge in [0.25, 0.3) is 0 Å². The number of hydrogen-bond acceptors (Lipinski definition) is 3. The third-order valence-electron chi connectivity index (χ3n) is 4.42. The van der Waals surface area contributed by atoms with Crippen molar-refractivity contribution >= 4 is 45.2 Å². The van der Waals surface area contributed by atoms with Crippen LogP contribution in [0.4, 0.5) is 29.2 Å². The predicted molar refractivity (Wildman–Crippen MR) is 101 cm³/mol. The second-order valence-electron chi connectivity index (χ2n) is 6.17. The van der Waals surface area contributed by atoms with E-state index in [2.05, 4.69) is 20.7 Å². The summed E-state index contributed by atoms with van der Waals surface area (Å²) in [7, 11) is 1.57. The second-order valence-corrected chi connectivity index (χ2v) is 6.61. The van der Waals surface area contributed by atoms with Crippen LogP contribution in [0.3, 0.4) is 0 Å². The van der Waals surface area contributed by atoms with Gasteiger partial charge in [0.1, 0.15) is 5.82 Å². The Morgan fingerprint density at radius 1 is 1.25 bits per heavy atom. The molecule has 2 heterocycles. The van der Waals surface area contributed by atoms with E-state index < -0.39 is 24.0 Å². The highest BCUT2D eigenvalue weighted by Crippen LogP contribution is 2.35. The molecule has 146 valence electrons. The van der Waals surface area contributed by atoms with Gasteiger partial charge in [0.05, 0.1) is 22.3 Å². The fourth-order valence-electron chi connectivity index (χ4n) is 3.08. The summed E-state index contributed by atoms with van der Waals surface area (Å²) in [6.07, 6.45) is 1.70. The predicted octanol–water partition coefficient (Wildman–Crippen LogP) is 5.29. The van der Waals surface area contributed by atoms with Gasteiger partial charge in [0.2, 0.25) is 5.95 Å². The molecule has 0 unspecified atom stereocenters. The van der Waals surface area contributed by atoms with Gasteiger partial charge in [-0.05, 0) is 24.3 Å². The second kappa shape index (κ2) is 6.59. The highest BCUT2D eigenvalue weighted by molar-refractivity contribution is 6.31. The van der Waals surface area contributed by atoms with Crippen molar-refractivity contribution in [3.63, 3.8) is 0 Å². The van der Waals surface area contributed by atoms with Crippen LogP contribution in [0.2, 0.25) is 5.02 Å². The lowest BCUT2D eigenvalue weighted by atomic mass is 10.1. The summed E-state index contributed by atoms with van der Waals surface area (Å²) in [6, 6.07) is 7.05. The number of alkyl halides is 3. The van der Waals surface area contributed by atoms with E-state index in [9.17, 15) is 17.6 Å². The third kappa shape index (κ3) is 2.91. The van der Waals surface area contributed by atoms with Crippen LogP contribution in [0.25, 0.3) is 21.9 Å². The smallest absolute Gasteiger partial charge is 0.303 e. The molecular formula is C18H14ClF4N5. The van der Waals surface area contributed by atoms with Crippen LogP contribution in [0.5, 0.6) is 0 Å². The van der Waals surface area contributed by atoms with Gasteiger partial charge in [-0.3, -0.25) is 0 Å². The van der Waals surface area contributed by atoms with E-state index in [1.165, 1.54) is 4.68 Å². The van der Waals surface area contributed by atoms with Crippen LogP contribution >= 0.6 is 11.6 Å². The summed E-state index contributed by atoms with van der Waals surface area (Å²) in [5.74, 6) is -4.90. The molecule has 0 amide bonds. The Bertz CT molecular complexity index is 1180. The number of rotatable bonds is 5. The van der Waals surface area contributed by atoms with E-state index in [4.69, 9.17) is 11.6 Å². The van der Waals surface area contributed by atoms with Crippen molar-refractivity contribution in [1.29, 1.82) is 0 Å². The van der Waals surface area contributed by atoms with Crippen molar-refractivity contribution < 1.29 is 17.6 Å². The quantitative estimate of drug-likeness (QED) is 0.391. The molecular weight excluding hydrogens is 398 g/mol. The molecule has 0 atom stereocenters. The van der Waals surface area contributed by atoms with Crippen molar-refractivity contribution in [2.75, 3.05) is 24.5 Å². The molecule has 0 saturated heterocycles. The standard InChI is InChI=1S/C18H14ClF4N5/c1-24-28-16-6-12(21)11(18(22,23)8-20)5-14(16)26-17(28)27-15-7-25-13-3-2-9(19)4-10(13)15/h2-7,24-25H,8H2,1H3,(H,26,27). The topological polar surface area (TPSA) is 57.7 Å². The van der Waals surface area contributed by atoms with Gasteiger partial charge < -0.3 is 15.7 Å². The number of aromatic amines is 1. The number of imidazole rings is 1. The Labute approximate surface area is 161 Å². The molecule has 0 radical (unpaired) electrons. The first-order valence-electron chi connectivity index (χ1n) is 8.21. The van der Waals surface area contributed by atoms with Crippen molar-refractivity contribution in [1.82, 2.24) is 14.6 Å². The van der Waals surface area contributed by atoms with E-state index in [1.807, 2.05) is 6.07 Å². The number of fused-ring (bicyclic) bond motifs is 2. The van der Waals surface area contributed by atoms with E-state index in [0.717, 1.165) is 23.0 Å². The molecule has 0 saturated carbocycles. The van der Waals surface area contributed by atoms with Crippen LogP contribution in [0.1, 0.15) is 5.56 Å². The maximum Gasteiger partial charge on any atom is 0.303 e. The molecule has 2 aromatic heterocycles. The molecule has 4 rings (SSSR count). The molecule has 0 bridgehead atoms. The summed E-state index contributed by atoms with van der Waals surface area (Å²) in [5, 5.41) is 4.40. The number of anilines is 2. The zero-order chi connectivity index (χ0) is 20.1. The first-order valence-corrected chi connectivity index (χ1v) is 8.59. The van der Waals surface area contributed by atoms with Crippen LogP contribution < -0.4 is 10.7 Å². The fourth-order valence-corrected chi connectivity index (χ4v) is 3.25. The minimum absolute atomic E-state index is 0.0826. The number of hydrogen-bond donors (Lipinski definition) is 3. The number of aromatic nitrogens is 3. The minimum atomic E-state index is -3.93. The molecule has 0 aliphatic rings. The SMILES string of the molecule is CNn1c(Nc2c[nH]c3ccc(Cl)cc23)nc2cc(C(F)(F)CF)c(F)cc21. The van der Waals surface area contributed by atoms with Gasteiger partial charge >= 0.3 is 5.92 Å². The van der Waals surface area contributed by atoms with Gasteiger partial charge in [-0.15, -0.1) is 0 Å². The summed E-state index contributed by atoms with van der Waals surface area (Å²) in [5.41, 5.74) is 3.55. The Hall–Kier alpha value is -2.94. The van der Waals surface area contributed by atoms with Crippen LogP contribution in [-0.2, 0) is 5.92 Å². The van der Waals surface area contributed by atoms with Crippen LogP contribution in [0.15, 0.2) is 36.5 Å². The van der Waals surface area contributed by atoms with Crippen molar-refractivity contribution in [3.8, 4) is 0 Å². The van der Waals surface area contributed by atoms with Crippen molar-refractivity contribution in [2.24, 2.45) is 0 Å². The average Bonchev–Trinajstić information content (AvgIpc) is 3.21. The lowest BCUT2D eigenvalue weighted by Gasteiger charge is -2.13. The number of nitrogens with zero attached hydrogens (tertiary/aromatic N) is 2. The molecule has 2 aromatic carbocycles. The molecule has 0 aliphatic heterocycles. The molecule has 3 N–H and O–H groups in total. The first-order chi connectivity index (χ1) is 13.3. The fraction of sp³-hybridized carbons (Fsp3) is 0.167. The molecule has 0 spiro atoms. The van der Waals surface area contributed by atoms with Crippen LogP contribution in [0, 0.1) is 5.82 Å². The van der Waals surface area contributed by atoms with E-state index in [-0.39, 0.29) is 17.0 Å². The summed E-state index contributed by atoms with van der Waals surface area (Å²) in [6.45, 7) is -2.00. The Balaban J connectivity index is 1.83. The molecule has 0 fully saturated rings. The molecule has 10 heteroatoms. The molecule has 4 aromatic rings. The minimum Gasteiger partial charge on any atom is -0.359 e. The number of H-pyrrole nitrogens is 1. The van der Waals surface area contributed by atoms with Crippen molar-refractivity contribution in [2.45, 2.75) is 5.92 Å². The molecule has 5 nitrogen and oxygen atoms in total. The van der Waals surface area contributed by atoms with Gasteiger partial charge in [0, 0.05) is 35.2 Å². The van der Waals surface area contributed by atoms with Gasteiger partial charge in [-0.1, -0.05) is 11.6 Å². The lowest BCUT2D eigenvalue weighted by molar-refractivity contribution is -0.0310. The number of nitrogens with one attached hydrogen (secondary N) is 3. The Kier molecular flexibility index (Phi) is 4.34. The Morgan fingerprint density at radius 2 is 2.04 bits per heavy atom. The zero-order valence-electron chi connectivity index (χ0n) is 14.5. The maximum absolute atomic E-state index is 14.2. The van der Waals surface area contributed by atoms with Crippen molar-refractivity contribution in [3.05, 3.63) is 52.9 Å². The Morgan fingerprint density at radius 3 is 2.75 bits per heavy atom. The van der Waals surface area contributed by atoms with Gasteiger partial charge in [0.15, 0.2) is 6.67 Å². The monoisotopic (exact) mass is 411 g/mol. The largest absolute Gasteiger partial charge is 0.359 e.